The maximum Gasteiger partial charge on any atom is 0.417 e. The highest BCUT2D eigenvalue weighted by Crippen LogP contribution is 2.39. The van der Waals surface area contributed by atoms with E-state index in [0.29, 0.717) is 11.1 Å². The first-order chi connectivity index (χ1) is 13.4. The van der Waals surface area contributed by atoms with Crippen LogP contribution in [0.25, 0.3) is 11.1 Å². The van der Waals surface area contributed by atoms with Crippen molar-refractivity contribution in [3.05, 3.63) is 88.9 Å². The molecule has 28 heavy (non-hydrogen) atoms. The molecule has 0 radical (unpaired) electrons. The van der Waals surface area contributed by atoms with Gasteiger partial charge in [0.25, 0.3) is 0 Å². The van der Waals surface area contributed by atoms with Crippen molar-refractivity contribution in [2.45, 2.75) is 12.7 Å². The molecule has 0 bridgehead atoms. The molecule has 0 unspecified atom stereocenters. The van der Waals surface area contributed by atoms with Crippen LogP contribution in [-0.2, 0) is 12.7 Å². The number of anilines is 2. The van der Waals surface area contributed by atoms with E-state index in [-0.39, 0.29) is 23.3 Å². The molecule has 0 aliphatic rings. The molecule has 0 spiro atoms. The van der Waals surface area contributed by atoms with Crippen LogP contribution in [0.1, 0.15) is 11.1 Å². The van der Waals surface area contributed by atoms with Gasteiger partial charge in [-0.15, -0.1) is 0 Å². The summed E-state index contributed by atoms with van der Waals surface area (Å²) in [7, 11) is 0. The van der Waals surface area contributed by atoms with E-state index < -0.39 is 11.7 Å². The lowest BCUT2D eigenvalue weighted by atomic mass is 10.1. The summed E-state index contributed by atoms with van der Waals surface area (Å²) < 4.78 is 45.9. The monoisotopic (exact) mass is 402 g/mol. The number of rotatable bonds is 4. The summed E-state index contributed by atoms with van der Waals surface area (Å²) in [6, 6.07) is 20.5. The Bertz CT molecular complexity index is 1080. The number of hydrogen-bond donors (Lipinski definition) is 0. The van der Waals surface area contributed by atoms with Crippen LogP contribution in [0.15, 0.2) is 77.2 Å². The van der Waals surface area contributed by atoms with Crippen molar-refractivity contribution in [2.75, 3.05) is 4.90 Å². The van der Waals surface area contributed by atoms with E-state index in [2.05, 4.69) is 4.98 Å². The summed E-state index contributed by atoms with van der Waals surface area (Å²) in [4.78, 5) is 6.04. The predicted octanol–water partition coefficient (Wildman–Crippen LogP) is 6.84. The molecule has 7 heteroatoms. The molecule has 1 heterocycles. The standard InChI is InChI=1S/C21H14ClF3N2O/c22-17-11-10-15(12-16(17)21(23,24)25)27(13-14-6-2-1-3-7-14)20-26-18-8-4-5-9-19(18)28-20/h1-12H,13H2. The third-order valence-electron chi connectivity index (χ3n) is 4.26. The van der Waals surface area contributed by atoms with Gasteiger partial charge < -0.3 is 4.42 Å². The van der Waals surface area contributed by atoms with Gasteiger partial charge in [0, 0.05) is 5.69 Å². The molecule has 3 nitrogen and oxygen atoms in total. The number of alkyl halides is 3. The Balaban J connectivity index is 1.83. The normalized spacial score (nSPS) is 11.7. The lowest BCUT2D eigenvalue weighted by molar-refractivity contribution is -0.137. The number of hydrogen-bond acceptors (Lipinski definition) is 3. The van der Waals surface area contributed by atoms with E-state index in [1.165, 1.54) is 12.1 Å². The summed E-state index contributed by atoms with van der Waals surface area (Å²) in [5.74, 6) is 0. The van der Waals surface area contributed by atoms with Crippen molar-refractivity contribution in [2.24, 2.45) is 0 Å². The van der Waals surface area contributed by atoms with Crippen LogP contribution < -0.4 is 4.90 Å². The minimum absolute atomic E-state index is 0.209. The van der Waals surface area contributed by atoms with Crippen LogP contribution in [0.5, 0.6) is 0 Å². The molecule has 142 valence electrons. The van der Waals surface area contributed by atoms with Gasteiger partial charge in [-0.1, -0.05) is 54.1 Å². The van der Waals surface area contributed by atoms with Gasteiger partial charge in [0.15, 0.2) is 5.58 Å². The zero-order chi connectivity index (χ0) is 19.7. The van der Waals surface area contributed by atoms with Gasteiger partial charge in [0.05, 0.1) is 17.1 Å². The highest BCUT2D eigenvalue weighted by atomic mass is 35.5. The van der Waals surface area contributed by atoms with E-state index in [4.69, 9.17) is 16.0 Å². The summed E-state index contributed by atoms with van der Waals surface area (Å²) >= 11 is 5.78. The average molecular weight is 403 g/mol. The first kappa shape index (κ1) is 18.4. The molecule has 0 aliphatic carbocycles. The van der Waals surface area contributed by atoms with Gasteiger partial charge in [-0.3, -0.25) is 4.90 Å². The Kier molecular flexibility index (Phi) is 4.73. The van der Waals surface area contributed by atoms with Crippen LogP contribution in [-0.4, -0.2) is 4.98 Å². The lowest BCUT2D eigenvalue weighted by Crippen LogP contribution is -2.18. The van der Waals surface area contributed by atoms with Crippen LogP contribution >= 0.6 is 11.6 Å². The highest BCUT2D eigenvalue weighted by molar-refractivity contribution is 6.31. The molecule has 0 atom stereocenters. The lowest BCUT2D eigenvalue weighted by Gasteiger charge is -2.22. The molecule has 0 N–H and O–H groups in total. The summed E-state index contributed by atoms with van der Waals surface area (Å²) in [5.41, 5.74) is 1.46. The van der Waals surface area contributed by atoms with Crippen LogP contribution in [0.4, 0.5) is 24.9 Å². The fraction of sp³-hybridized carbons (Fsp3) is 0.0952. The van der Waals surface area contributed by atoms with Crippen molar-refractivity contribution in [1.29, 1.82) is 0 Å². The summed E-state index contributed by atoms with van der Waals surface area (Å²) in [6.45, 7) is 0.284. The number of halogens is 4. The zero-order valence-electron chi connectivity index (χ0n) is 14.4. The van der Waals surface area contributed by atoms with Crippen LogP contribution in [0.2, 0.25) is 5.02 Å². The first-order valence-electron chi connectivity index (χ1n) is 8.45. The average Bonchev–Trinajstić information content (AvgIpc) is 3.10. The van der Waals surface area contributed by atoms with Crippen molar-refractivity contribution in [3.8, 4) is 0 Å². The van der Waals surface area contributed by atoms with E-state index in [1.807, 2.05) is 42.5 Å². The van der Waals surface area contributed by atoms with Gasteiger partial charge in [0.1, 0.15) is 5.52 Å². The van der Waals surface area contributed by atoms with E-state index >= 15 is 0 Å². The summed E-state index contributed by atoms with van der Waals surface area (Å²) in [5, 5.41) is -0.353. The van der Waals surface area contributed by atoms with E-state index in [0.717, 1.165) is 11.6 Å². The molecule has 0 aliphatic heterocycles. The smallest absolute Gasteiger partial charge is 0.417 e. The van der Waals surface area contributed by atoms with Crippen molar-refractivity contribution < 1.29 is 17.6 Å². The van der Waals surface area contributed by atoms with Crippen LogP contribution in [0, 0.1) is 0 Å². The maximum absolute atomic E-state index is 13.3. The minimum atomic E-state index is -4.56. The molecule has 1 aromatic heterocycles. The van der Waals surface area contributed by atoms with Crippen molar-refractivity contribution >= 4 is 34.4 Å². The van der Waals surface area contributed by atoms with Crippen molar-refractivity contribution in [3.63, 3.8) is 0 Å². The van der Waals surface area contributed by atoms with Gasteiger partial charge >= 0.3 is 12.2 Å². The Morgan fingerprint density at radius 1 is 0.929 bits per heavy atom. The maximum atomic E-state index is 13.3. The van der Waals surface area contributed by atoms with E-state index in [9.17, 15) is 13.2 Å². The second-order valence-electron chi connectivity index (χ2n) is 6.20. The SMILES string of the molecule is FC(F)(F)c1cc(N(Cc2ccccc2)c2nc3ccccc3o2)ccc1Cl. The van der Waals surface area contributed by atoms with Gasteiger partial charge in [-0.25, -0.2) is 0 Å². The van der Waals surface area contributed by atoms with Crippen LogP contribution in [0.3, 0.4) is 0 Å². The van der Waals surface area contributed by atoms with Gasteiger partial charge in [-0.05, 0) is 35.9 Å². The molecule has 0 saturated carbocycles. The molecule has 3 aromatic carbocycles. The Labute approximate surface area is 164 Å². The third kappa shape index (κ3) is 3.68. The number of fused-ring (bicyclic) bond motifs is 1. The fourth-order valence-corrected chi connectivity index (χ4v) is 3.13. The Morgan fingerprint density at radius 3 is 2.36 bits per heavy atom. The first-order valence-corrected chi connectivity index (χ1v) is 8.83. The molecule has 4 rings (SSSR count). The highest BCUT2D eigenvalue weighted by Gasteiger charge is 2.34. The molecular formula is C21H14ClF3N2O. The van der Waals surface area contributed by atoms with Gasteiger partial charge in [-0.2, -0.15) is 18.2 Å². The molecule has 0 amide bonds. The molecule has 0 fully saturated rings. The summed E-state index contributed by atoms with van der Waals surface area (Å²) in [6.07, 6.45) is -4.56. The Morgan fingerprint density at radius 2 is 1.64 bits per heavy atom. The predicted molar refractivity (Wildman–Crippen MR) is 103 cm³/mol. The fourth-order valence-electron chi connectivity index (χ4n) is 2.91. The molecular weight excluding hydrogens is 389 g/mol. The molecule has 4 aromatic rings. The quantitative estimate of drug-likeness (QED) is 0.374. The van der Waals surface area contributed by atoms with Gasteiger partial charge in [0.2, 0.25) is 0 Å². The Hall–Kier alpha value is -2.99. The van der Waals surface area contributed by atoms with E-state index in [1.54, 1.807) is 17.0 Å². The molecule has 0 saturated heterocycles. The van der Waals surface area contributed by atoms with Crippen molar-refractivity contribution in [1.82, 2.24) is 4.98 Å². The second-order valence-corrected chi connectivity index (χ2v) is 6.61. The number of para-hydroxylation sites is 2. The largest absolute Gasteiger partial charge is 0.423 e. The number of oxazole rings is 1. The third-order valence-corrected chi connectivity index (χ3v) is 4.59. The zero-order valence-corrected chi connectivity index (χ0v) is 15.2. The minimum Gasteiger partial charge on any atom is -0.423 e. The number of benzene rings is 3. The second kappa shape index (κ2) is 7.20. The topological polar surface area (TPSA) is 29.3 Å². The number of nitrogens with zero attached hydrogens (tertiary/aromatic N) is 2. The number of aromatic nitrogens is 1.